The average Bonchev–Trinajstić information content (AvgIpc) is 2.53. The fourth-order valence-electron chi connectivity index (χ4n) is 3.04. The van der Waals surface area contributed by atoms with Gasteiger partial charge in [-0.3, -0.25) is 9.59 Å². The van der Waals surface area contributed by atoms with Crippen LogP contribution in [0.3, 0.4) is 0 Å². The number of rotatable bonds is 3. The van der Waals surface area contributed by atoms with Crippen LogP contribution in [0.5, 0.6) is 0 Å². The van der Waals surface area contributed by atoms with Crippen molar-refractivity contribution in [1.29, 1.82) is 0 Å². The molecule has 4 nitrogen and oxygen atoms in total. The van der Waals surface area contributed by atoms with Crippen molar-refractivity contribution in [3.63, 3.8) is 0 Å². The summed E-state index contributed by atoms with van der Waals surface area (Å²) in [5, 5.41) is 0. The molecule has 0 aromatic heterocycles. The van der Waals surface area contributed by atoms with Crippen LogP contribution in [0, 0.1) is 11.8 Å². The van der Waals surface area contributed by atoms with Gasteiger partial charge in [-0.1, -0.05) is 30.3 Å². The van der Waals surface area contributed by atoms with E-state index >= 15 is 0 Å². The van der Waals surface area contributed by atoms with Crippen molar-refractivity contribution in [3.05, 3.63) is 35.9 Å². The van der Waals surface area contributed by atoms with Gasteiger partial charge in [0.05, 0.1) is 26.1 Å². The first-order chi connectivity index (χ1) is 9.67. The molecular weight excluding hydrogens is 256 g/mol. The van der Waals surface area contributed by atoms with Crippen LogP contribution in [-0.4, -0.2) is 26.2 Å². The summed E-state index contributed by atoms with van der Waals surface area (Å²) in [5.41, 5.74) is 1.21. The van der Waals surface area contributed by atoms with Crippen molar-refractivity contribution in [1.82, 2.24) is 0 Å². The minimum atomic E-state index is -0.411. The number of esters is 2. The van der Waals surface area contributed by atoms with Gasteiger partial charge in [0, 0.05) is 0 Å². The molecule has 0 unspecified atom stereocenters. The van der Waals surface area contributed by atoms with Crippen LogP contribution in [0.15, 0.2) is 30.3 Å². The molecular formula is C16H20O4. The van der Waals surface area contributed by atoms with E-state index < -0.39 is 5.92 Å². The fraction of sp³-hybridized carbons (Fsp3) is 0.500. The molecule has 0 amide bonds. The highest BCUT2D eigenvalue weighted by molar-refractivity contribution is 5.82. The Morgan fingerprint density at radius 3 is 2.15 bits per heavy atom. The summed E-state index contributed by atoms with van der Waals surface area (Å²) >= 11 is 0. The summed E-state index contributed by atoms with van der Waals surface area (Å²) < 4.78 is 9.66. The first-order valence-electron chi connectivity index (χ1n) is 6.88. The van der Waals surface area contributed by atoms with Gasteiger partial charge >= 0.3 is 11.9 Å². The monoisotopic (exact) mass is 276 g/mol. The lowest BCUT2D eigenvalue weighted by Crippen LogP contribution is -2.36. The first-order valence-corrected chi connectivity index (χ1v) is 6.88. The van der Waals surface area contributed by atoms with Gasteiger partial charge in [0.2, 0.25) is 0 Å². The lowest BCUT2D eigenvalue weighted by Gasteiger charge is -2.33. The maximum absolute atomic E-state index is 11.9. The lowest BCUT2D eigenvalue weighted by atomic mass is 9.72. The third-order valence-corrected chi connectivity index (χ3v) is 4.13. The largest absolute Gasteiger partial charge is 0.469 e. The summed E-state index contributed by atoms with van der Waals surface area (Å²) in [6.45, 7) is 0. The van der Waals surface area contributed by atoms with Gasteiger partial charge in [0.15, 0.2) is 0 Å². The molecule has 0 heterocycles. The molecule has 108 valence electrons. The smallest absolute Gasteiger partial charge is 0.309 e. The fourth-order valence-corrected chi connectivity index (χ4v) is 3.04. The van der Waals surface area contributed by atoms with E-state index in [1.165, 1.54) is 19.8 Å². The van der Waals surface area contributed by atoms with Crippen molar-refractivity contribution in [2.75, 3.05) is 14.2 Å². The second-order valence-corrected chi connectivity index (χ2v) is 5.18. The molecule has 2 rings (SSSR count). The minimum absolute atomic E-state index is 0.293. The minimum Gasteiger partial charge on any atom is -0.469 e. The second-order valence-electron chi connectivity index (χ2n) is 5.18. The third kappa shape index (κ3) is 3.00. The van der Waals surface area contributed by atoms with Crippen molar-refractivity contribution < 1.29 is 19.1 Å². The number of ether oxygens (including phenoxy) is 2. The van der Waals surface area contributed by atoms with E-state index in [-0.39, 0.29) is 17.9 Å². The predicted octanol–water partition coefficient (Wildman–Crippen LogP) is 2.53. The maximum atomic E-state index is 11.9. The molecule has 1 saturated carbocycles. The summed E-state index contributed by atoms with van der Waals surface area (Å²) in [4.78, 5) is 23.8. The molecule has 1 aromatic rings. The second kappa shape index (κ2) is 6.55. The van der Waals surface area contributed by atoms with E-state index in [4.69, 9.17) is 9.47 Å². The van der Waals surface area contributed by atoms with E-state index in [0.29, 0.717) is 18.8 Å². The Morgan fingerprint density at radius 1 is 0.950 bits per heavy atom. The molecule has 3 atom stereocenters. The Hall–Kier alpha value is -1.84. The quantitative estimate of drug-likeness (QED) is 0.796. The number of hydrogen-bond acceptors (Lipinski definition) is 4. The third-order valence-electron chi connectivity index (χ3n) is 4.13. The highest BCUT2D eigenvalue weighted by atomic mass is 16.5. The number of hydrogen-bond donors (Lipinski definition) is 0. The summed E-state index contributed by atoms with van der Waals surface area (Å²) in [6.07, 6.45) is 2.18. The van der Waals surface area contributed by atoms with Crippen molar-refractivity contribution in [3.8, 4) is 0 Å². The Labute approximate surface area is 119 Å². The Bertz CT molecular complexity index is 469. The molecule has 0 bridgehead atoms. The highest BCUT2D eigenvalue weighted by Gasteiger charge is 2.40. The number of carbonyl (C=O) groups excluding carboxylic acids is 2. The summed E-state index contributed by atoms with van der Waals surface area (Å²) in [5.74, 6) is -1.13. The Balaban J connectivity index is 2.17. The predicted molar refractivity (Wildman–Crippen MR) is 74.0 cm³/mol. The number of carbonyl (C=O) groups is 2. The molecule has 1 aliphatic rings. The van der Waals surface area contributed by atoms with Crippen molar-refractivity contribution in [2.24, 2.45) is 11.8 Å². The number of benzene rings is 1. The van der Waals surface area contributed by atoms with Gasteiger partial charge in [-0.05, 0) is 30.7 Å². The van der Waals surface area contributed by atoms with Crippen LogP contribution < -0.4 is 0 Å². The van der Waals surface area contributed by atoms with Crippen LogP contribution in [0.2, 0.25) is 0 Å². The Kier molecular flexibility index (Phi) is 4.77. The maximum Gasteiger partial charge on any atom is 0.309 e. The SMILES string of the molecule is COC(=O)[C@H]1C[C@H](c2ccccc2)CC[C@H]1C(=O)OC. The zero-order valence-electron chi connectivity index (χ0n) is 11.9. The summed E-state index contributed by atoms with van der Waals surface area (Å²) in [6, 6.07) is 10.1. The molecule has 0 aliphatic heterocycles. The van der Waals surface area contributed by atoms with E-state index in [9.17, 15) is 9.59 Å². The molecule has 20 heavy (non-hydrogen) atoms. The van der Waals surface area contributed by atoms with E-state index in [1.807, 2.05) is 18.2 Å². The van der Waals surface area contributed by atoms with E-state index in [0.717, 1.165) is 6.42 Å². The van der Waals surface area contributed by atoms with Crippen LogP contribution in [0.25, 0.3) is 0 Å². The van der Waals surface area contributed by atoms with Crippen LogP contribution in [0.1, 0.15) is 30.7 Å². The molecule has 0 saturated heterocycles. The van der Waals surface area contributed by atoms with Crippen LogP contribution in [0.4, 0.5) is 0 Å². The van der Waals surface area contributed by atoms with E-state index in [2.05, 4.69) is 12.1 Å². The molecule has 0 spiro atoms. The molecule has 1 aromatic carbocycles. The van der Waals surface area contributed by atoms with Gasteiger partial charge in [-0.15, -0.1) is 0 Å². The molecule has 0 radical (unpaired) electrons. The Morgan fingerprint density at radius 2 is 1.55 bits per heavy atom. The van der Waals surface area contributed by atoms with Gasteiger partial charge in [0.1, 0.15) is 0 Å². The lowest BCUT2D eigenvalue weighted by molar-refractivity contribution is -0.159. The topological polar surface area (TPSA) is 52.6 Å². The molecule has 4 heteroatoms. The van der Waals surface area contributed by atoms with Crippen LogP contribution in [-0.2, 0) is 19.1 Å². The van der Waals surface area contributed by atoms with Crippen LogP contribution >= 0.6 is 0 Å². The zero-order valence-corrected chi connectivity index (χ0v) is 11.9. The van der Waals surface area contributed by atoms with Gasteiger partial charge in [-0.2, -0.15) is 0 Å². The summed E-state index contributed by atoms with van der Waals surface area (Å²) in [7, 11) is 2.72. The van der Waals surface area contributed by atoms with E-state index in [1.54, 1.807) is 0 Å². The van der Waals surface area contributed by atoms with Crippen molar-refractivity contribution >= 4 is 11.9 Å². The highest BCUT2D eigenvalue weighted by Crippen LogP contribution is 2.40. The standard InChI is InChI=1S/C16H20O4/c1-19-15(17)13-9-8-12(10-14(13)16(18)20-2)11-6-4-3-5-7-11/h3-7,12-14H,8-10H2,1-2H3/t12-,13-,14+/m1/s1. The average molecular weight is 276 g/mol. The molecule has 1 aliphatic carbocycles. The number of methoxy groups -OCH3 is 2. The van der Waals surface area contributed by atoms with Crippen molar-refractivity contribution in [2.45, 2.75) is 25.2 Å². The molecule has 1 fully saturated rings. The normalized spacial score (nSPS) is 25.8. The zero-order chi connectivity index (χ0) is 14.5. The first kappa shape index (κ1) is 14.6. The van der Waals surface area contributed by atoms with Gasteiger partial charge < -0.3 is 9.47 Å². The van der Waals surface area contributed by atoms with Gasteiger partial charge in [0.25, 0.3) is 0 Å². The van der Waals surface area contributed by atoms with Gasteiger partial charge in [-0.25, -0.2) is 0 Å². The molecule has 0 N–H and O–H groups in total.